The van der Waals surface area contributed by atoms with E-state index in [-0.39, 0.29) is 53.0 Å². The molecule has 0 fully saturated rings. The van der Waals surface area contributed by atoms with Crippen LogP contribution in [0, 0.1) is 5.92 Å². The van der Waals surface area contributed by atoms with Crippen LogP contribution in [0.1, 0.15) is 81.5 Å². The molecule has 0 aliphatic heterocycles. The minimum atomic E-state index is -1.75. The maximum Gasteiger partial charge on any atom is 0.472 e. The van der Waals surface area contributed by atoms with E-state index in [9.17, 15) is 38.8 Å². The summed E-state index contributed by atoms with van der Waals surface area (Å²) in [5.41, 5.74) is 15.0. The van der Waals surface area contributed by atoms with Crippen LogP contribution < -0.4 is 27.8 Å². The Hall–Kier alpha value is -5.57. The van der Waals surface area contributed by atoms with Gasteiger partial charge in [-0.15, -0.1) is 11.3 Å². The van der Waals surface area contributed by atoms with Gasteiger partial charge in [0, 0.05) is 35.8 Å². The van der Waals surface area contributed by atoms with Crippen molar-refractivity contribution in [3.63, 3.8) is 0 Å². The predicted octanol–water partition coefficient (Wildman–Crippen LogP) is -2.25. The van der Waals surface area contributed by atoms with E-state index in [0.717, 1.165) is 16.9 Å². The van der Waals surface area contributed by atoms with Gasteiger partial charge in [-0.1, -0.05) is 62.2 Å². The molecule has 0 saturated carbocycles. The predicted molar refractivity (Wildman–Crippen MR) is 278 cm³/mol. The minimum Gasteiger partial charge on any atom is -0.480 e. The van der Waals surface area contributed by atoms with E-state index in [1.165, 1.54) is 49.6 Å². The summed E-state index contributed by atoms with van der Waals surface area (Å²) in [6.45, 7) is 6.41. The Labute approximate surface area is 437 Å². The van der Waals surface area contributed by atoms with Gasteiger partial charge in [0.25, 0.3) is 11.8 Å². The molecule has 0 saturated heterocycles. The highest BCUT2D eigenvalue weighted by molar-refractivity contribution is 7.99. The Kier molecular flexibility index (Phi) is 34.4. The van der Waals surface area contributed by atoms with Crippen LogP contribution in [0.3, 0.4) is 0 Å². The first kappa shape index (κ1) is 68.4. The van der Waals surface area contributed by atoms with E-state index in [1.54, 1.807) is 0 Å². The topological polar surface area (TPSA) is 487 Å². The number of Topliss-reactive ketones (excluding diaryl/α,β-unsaturated/α-hetero) is 1. The smallest absolute Gasteiger partial charge is 0.472 e. The van der Waals surface area contributed by atoms with Gasteiger partial charge < -0.3 is 88.2 Å². The quantitative estimate of drug-likeness (QED) is 0.0151. The van der Waals surface area contributed by atoms with E-state index in [0.29, 0.717) is 43.6 Å². The number of oxime groups is 1. The first-order valence-corrected chi connectivity index (χ1v) is 24.7. The number of thioether (sulfide) groups is 1. The highest BCUT2D eigenvalue weighted by atomic mass is 32.2. The maximum absolute atomic E-state index is 12.9. The fourth-order valence-electron chi connectivity index (χ4n) is 5.41. The average Bonchev–Trinajstić information content (AvgIpc) is 3.76. The number of anilines is 1. The van der Waals surface area contributed by atoms with E-state index in [4.69, 9.17) is 67.5 Å². The third-order valence-corrected chi connectivity index (χ3v) is 11.2. The van der Waals surface area contributed by atoms with Crippen molar-refractivity contribution in [2.24, 2.45) is 22.5 Å². The molecular formula is C41H67B4N9O18S2. The van der Waals surface area contributed by atoms with Crippen LogP contribution in [0.2, 0.25) is 18.5 Å². The molecule has 2 unspecified atom stereocenters. The first-order chi connectivity index (χ1) is 34.6. The number of hydrogen-bond acceptors (Lipinski definition) is 24. The summed E-state index contributed by atoms with van der Waals surface area (Å²) in [6.07, 6.45) is 6.59. The number of carbonyl (C=O) groups excluding carboxylic acids is 3. The second-order valence-electron chi connectivity index (χ2n) is 16.9. The third kappa shape index (κ3) is 31.9. The lowest BCUT2D eigenvalue weighted by Gasteiger charge is -2.22. The number of aromatic nitrogens is 3. The molecule has 4 atom stereocenters. The number of hydrogen-bond donors (Lipinski definition) is 16. The van der Waals surface area contributed by atoms with Crippen LogP contribution in [-0.2, 0) is 35.2 Å². The number of unbranched alkanes of at least 4 members (excludes halogenated alkanes) is 1. The second kappa shape index (κ2) is 37.2. The van der Waals surface area contributed by atoms with Crippen LogP contribution in [-0.4, -0.2) is 182 Å². The van der Waals surface area contributed by atoms with Gasteiger partial charge in [0.1, 0.15) is 23.5 Å². The lowest BCUT2D eigenvalue weighted by molar-refractivity contribution is -0.161. The average molecular weight is 1080 g/mol. The van der Waals surface area contributed by atoms with Crippen LogP contribution in [0.15, 0.2) is 59.5 Å². The summed E-state index contributed by atoms with van der Waals surface area (Å²) in [4.78, 5) is 85.3. The fraction of sp³-hybridized carbons (Fsp3) is 0.512. The van der Waals surface area contributed by atoms with Gasteiger partial charge >= 0.3 is 46.4 Å². The molecule has 0 aliphatic carbocycles. The minimum absolute atomic E-state index is 0.0336. The van der Waals surface area contributed by atoms with E-state index < -0.39 is 94.2 Å². The Balaban J connectivity index is 0.00000103. The normalized spacial score (nSPS) is 12.6. The molecule has 2 heterocycles. The molecule has 2 amide bonds. The highest BCUT2D eigenvalue weighted by Crippen LogP contribution is 2.24. The number of rotatable bonds is 29. The number of nitrogen functional groups attached to an aromatic ring is 1. The molecule has 27 nitrogen and oxygen atoms in total. The highest BCUT2D eigenvalue weighted by Gasteiger charge is 2.32. The molecule has 3 aromatic rings. The molecule has 0 bridgehead atoms. The number of carbonyl (C=O) groups is 6. The van der Waals surface area contributed by atoms with Crippen molar-refractivity contribution in [3.8, 4) is 0 Å². The Bertz CT molecular complexity index is 2120. The molecule has 19 N–H and O–H groups in total. The molecule has 3 rings (SSSR count). The van der Waals surface area contributed by atoms with Gasteiger partial charge in [0.2, 0.25) is 5.60 Å². The lowest BCUT2D eigenvalue weighted by Crippen LogP contribution is -2.43. The van der Waals surface area contributed by atoms with Crippen molar-refractivity contribution in [1.29, 1.82) is 0 Å². The van der Waals surface area contributed by atoms with E-state index >= 15 is 0 Å². The number of carboxylic acids is 3. The molecule has 408 valence electrons. The van der Waals surface area contributed by atoms with Crippen molar-refractivity contribution >= 4 is 97.9 Å². The van der Waals surface area contributed by atoms with Gasteiger partial charge in [0.05, 0.1) is 18.7 Å². The SMILES string of the molecule is CC(C)(O/N=C(/C(=O)NCB(O)O)c1csc(N)n1)C(=O)O.CC(C)C[C@H](CC(=O)[C@H](Cc1ccccc1)NC(=O)c1cnccn1)B(O)O.NC(CCCCB(O)O)C(=O)O.NC(CSCCB(O)O)C(=O)O. The van der Waals surface area contributed by atoms with Crippen molar-refractivity contribution in [2.75, 3.05) is 23.7 Å². The molecule has 1 aromatic carbocycles. The number of ketones is 1. The second-order valence-corrected chi connectivity index (χ2v) is 18.9. The number of nitrogens with one attached hydrogen (secondary N) is 2. The molecular weight excluding hydrogens is 1010 g/mol. The van der Waals surface area contributed by atoms with Crippen molar-refractivity contribution in [3.05, 3.63) is 71.3 Å². The summed E-state index contributed by atoms with van der Waals surface area (Å²) in [7, 11) is -5.95. The number of nitrogens with zero attached hydrogens (tertiary/aromatic N) is 4. The summed E-state index contributed by atoms with van der Waals surface area (Å²) in [5, 5.41) is 106. The van der Waals surface area contributed by atoms with Crippen molar-refractivity contribution in [1.82, 2.24) is 25.6 Å². The van der Waals surface area contributed by atoms with Crippen molar-refractivity contribution < 1.29 is 89.1 Å². The molecule has 0 aliphatic rings. The van der Waals surface area contributed by atoms with Gasteiger partial charge in [-0.2, -0.15) is 11.8 Å². The molecule has 33 heteroatoms. The van der Waals surface area contributed by atoms with Crippen LogP contribution in [0.4, 0.5) is 5.13 Å². The molecule has 2 aromatic heterocycles. The lowest BCUT2D eigenvalue weighted by atomic mass is 9.66. The van der Waals surface area contributed by atoms with Crippen molar-refractivity contribution in [2.45, 2.75) is 108 Å². The number of benzene rings is 1. The summed E-state index contributed by atoms with van der Waals surface area (Å²) in [6, 6.07) is 6.85. The van der Waals surface area contributed by atoms with Crippen LogP contribution in [0.25, 0.3) is 0 Å². The number of thiazole rings is 1. The molecule has 0 radical (unpaired) electrons. The van der Waals surface area contributed by atoms with Crippen LogP contribution in [0.5, 0.6) is 0 Å². The number of aliphatic carboxylic acids is 3. The van der Waals surface area contributed by atoms with Crippen LogP contribution >= 0.6 is 23.1 Å². The summed E-state index contributed by atoms with van der Waals surface area (Å²) >= 11 is 2.34. The first-order valence-electron chi connectivity index (χ1n) is 22.7. The Morgan fingerprint density at radius 2 is 1.47 bits per heavy atom. The number of carboxylic acid groups (broad SMARTS) is 3. The zero-order valence-corrected chi connectivity index (χ0v) is 42.9. The van der Waals surface area contributed by atoms with Gasteiger partial charge in [-0.05, 0) is 63.0 Å². The monoisotopic (exact) mass is 1080 g/mol. The number of amides is 2. The summed E-state index contributed by atoms with van der Waals surface area (Å²) in [5.74, 6) is -4.47. The maximum atomic E-state index is 12.9. The standard InChI is InChI=1S/C20H26BN3O4.C10H15BN4O6S.C6H14BNO4.C5H12BNO4S/c1-14(2)10-16(21(27)28)12-19(25)17(11-15-6-4-3-5-7-15)24-20(26)18-13-22-8-9-23-18;1-10(2,8(17)18)21-15-6(5-3-22-9(12)14-5)7(16)13-4-11(19)20;8-5(6(9)10)3-1-2-4-7(11)12;7-4(5(8)9)3-12-2-1-6(10)11/h3-9,13-14,16-17,27-28H,10-12H2,1-2H3,(H,24,26);3,19-20H,4H2,1-2H3,(H2,12,14)(H,13,16)(H,17,18);5,11-12H,1-4,8H2,(H,9,10);4,10-11H,1-3,7H2,(H,8,9)/b;15-6+;;/t16-,17+;;;/m1.../s1. The third-order valence-electron chi connectivity index (χ3n) is 9.42. The van der Waals surface area contributed by atoms with Gasteiger partial charge in [0.15, 0.2) is 16.6 Å². The number of nitrogens with two attached hydrogens (primary N) is 3. The van der Waals surface area contributed by atoms with E-state index in [1.807, 2.05) is 44.2 Å². The van der Waals surface area contributed by atoms with E-state index in [2.05, 4.69) is 30.7 Å². The summed E-state index contributed by atoms with van der Waals surface area (Å²) < 4.78 is 0. The Morgan fingerprint density at radius 3 is 1.96 bits per heavy atom. The zero-order valence-electron chi connectivity index (χ0n) is 41.3. The largest absolute Gasteiger partial charge is 0.480 e. The van der Waals surface area contributed by atoms with Gasteiger partial charge in [-0.25, -0.2) is 14.8 Å². The zero-order chi connectivity index (χ0) is 56.6. The molecule has 0 spiro atoms. The van der Waals surface area contributed by atoms with Gasteiger partial charge in [-0.3, -0.25) is 29.0 Å². The Morgan fingerprint density at radius 1 is 0.851 bits per heavy atom. The molecule has 74 heavy (non-hydrogen) atoms. The fourth-order valence-corrected chi connectivity index (χ4v) is 6.90.